The number of phenolic OH excluding ortho intramolecular Hbond substituents is 1. The van der Waals surface area contributed by atoms with Crippen LogP contribution in [0, 0.1) is 5.92 Å². The van der Waals surface area contributed by atoms with Gasteiger partial charge in [0, 0.05) is 0 Å². The van der Waals surface area contributed by atoms with Gasteiger partial charge in [-0.25, -0.2) is 4.79 Å². The minimum absolute atomic E-state index is 0.0164. The predicted molar refractivity (Wildman–Crippen MR) is 73.9 cm³/mol. The third-order valence-electron chi connectivity index (χ3n) is 3.55. The number of carbonyl (C=O) groups is 2. The number of benzene rings is 1. The predicted octanol–water partition coefficient (Wildman–Crippen LogP) is 1.42. The molecule has 1 saturated heterocycles. The average Bonchev–Trinajstić information content (AvgIpc) is 2.41. The number of phenols is 1. The van der Waals surface area contributed by atoms with Crippen molar-refractivity contribution in [3.8, 4) is 5.75 Å². The van der Waals surface area contributed by atoms with Crippen LogP contribution in [0.3, 0.4) is 0 Å². The lowest BCUT2D eigenvalue weighted by Crippen LogP contribution is -2.48. The molecule has 2 unspecified atom stereocenters. The molecule has 1 aromatic rings. The van der Waals surface area contributed by atoms with Crippen molar-refractivity contribution in [2.45, 2.75) is 25.8 Å². The van der Waals surface area contributed by atoms with Crippen LogP contribution in [-0.2, 0) is 4.79 Å². The highest BCUT2D eigenvalue weighted by Crippen LogP contribution is 2.25. The molecule has 0 saturated carbocycles. The first-order chi connectivity index (χ1) is 9.49. The molecule has 1 fully saturated rings. The van der Waals surface area contributed by atoms with Crippen LogP contribution in [0.15, 0.2) is 18.2 Å². The molecule has 20 heavy (non-hydrogen) atoms. The smallest absolute Gasteiger partial charge is 0.335 e. The van der Waals surface area contributed by atoms with Gasteiger partial charge in [-0.15, -0.1) is 0 Å². The highest BCUT2D eigenvalue weighted by Gasteiger charge is 2.27. The summed E-state index contributed by atoms with van der Waals surface area (Å²) in [5, 5.41) is 24.3. The molecule has 2 atom stereocenters. The standard InChI is InChI=1S/C14H18N2O4/c1-8-3-2-6-15-12(8)13(18)16-10-7-9(14(19)20)4-5-11(10)17/h4-5,7-8,12,15,17H,2-3,6H2,1H3,(H,16,18)(H,19,20). The SMILES string of the molecule is CC1CCCNC1C(=O)Nc1cc(C(=O)O)ccc1O. The molecule has 6 nitrogen and oxygen atoms in total. The molecule has 2 rings (SSSR count). The molecule has 1 heterocycles. The number of anilines is 1. The molecular formula is C14H18N2O4. The third kappa shape index (κ3) is 3.08. The van der Waals surface area contributed by atoms with Crippen LogP contribution < -0.4 is 10.6 Å². The Bertz CT molecular complexity index is 530. The second-order valence-electron chi connectivity index (χ2n) is 5.08. The third-order valence-corrected chi connectivity index (χ3v) is 3.55. The van der Waals surface area contributed by atoms with Crippen LogP contribution in [-0.4, -0.2) is 34.7 Å². The number of piperidine rings is 1. The summed E-state index contributed by atoms with van der Waals surface area (Å²) in [5.41, 5.74) is 0.136. The molecule has 1 aromatic carbocycles. The summed E-state index contributed by atoms with van der Waals surface area (Å²) in [5.74, 6) is -1.31. The maximum atomic E-state index is 12.2. The van der Waals surface area contributed by atoms with Crippen LogP contribution >= 0.6 is 0 Å². The van der Waals surface area contributed by atoms with Crippen molar-refractivity contribution in [3.63, 3.8) is 0 Å². The van der Waals surface area contributed by atoms with Gasteiger partial charge in [-0.05, 0) is 43.5 Å². The zero-order chi connectivity index (χ0) is 14.7. The minimum Gasteiger partial charge on any atom is -0.506 e. The van der Waals surface area contributed by atoms with Crippen molar-refractivity contribution in [2.75, 3.05) is 11.9 Å². The van der Waals surface area contributed by atoms with Crippen molar-refractivity contribution in [1.82, 2.24) is 5.32 Å². The number of nitrogens with one attached hydrogen (secondary N) is 2. The molecule has 1 aliphatic rings. The summed E-state index contributed by atoms with van der Waals surface area (Å²) in [7, 11) is 0. The largest absolute Gasteiger partial charge is 0.506 e. The zero-order valence-corrected chi connectivity index (χ0v) is 11.2. The number of hydrogen-bond donors (Lipinski definition) is 4. The summed E-state index contributed by atoms with van der Waals surface area (Å²) >= 11 is 0. The van der Waals surface area contributed by atoms with Crippen LogP contribution in [0.25, 0.3) is 0 Å². The van der Waals surface area contributed by atoms with Gasteiger partial charge in [-0.2, -0.15) is 0 Å². The number of hydrogen-bond acceptors (Lipinski definition) is 4. The summed E-state index contributed by atoms with van der Waals surface area (Å²) in [6, 6.07) is 3.48. The lowest BCUT2D eigenvalue weighted by atomic mass is 9.92. The van der Waals surface area contributed by atoms with Gasteiger partial charge in [0.15, 0.2) is 0 Å². The van der Waals surface area contributed by atoms with E-state index in [0.29, 0.717) is 0 Å². The van der Waals surface area contributed by atoms with E-state index in [4.69, 9.17) is 5.11 Å². The number of carbonyl (C=O) groups excluding carboxylic acids is 1. The van der Waals surface area contributed by atoms with Crippen molar-refractivity contribution in [2.24, 2.45) is 5.92 Å². The topological polar surface area (TPSA) is 98.7 Å². The normalized spacial score (nSPS) is 22.2. The number of carboxylic acids is 1. The number of carboxylic acid groups (broad SMARTS) is 1. The quantitative estimate of drug-likeness (QED) is 0.627. The molecule has 4 N–H and O–H groups in total. The van der Waals surface area contributed by atoms with Gasteiger partial charge < -0.3 is 20.8 Å². The van der Waals surface area contributed by atoms with Crippen molar-refractivity contribution in [3.05, 3.63) is 23.8 Å². The van der Waals surface area contributed by atoms with E-state index < -0.39 is 5.97 Å². The summed E-state index contributed by atoms with van der Waals surface area (Å²) < 4.78 is 0. The maximum absolute atomic E-state index is 12.2. The number of aromatic hydroxyl groups is 1. The molecule has 0 spiro atoms. The highest BCUT2D eigenvalue weighted by atomic mass is 16.4. The minimum atomic E-state index is -1.11. The molecule has 1 amide bonds. The molecular weight excluding hydrogens is 260 g/mol. The molecule has 6 heteroatoms. The van der Waals surface area contributed by atoms with Gasteiger partial charge in [0.05, 0.1) is 17.3 Å². The van der Waals surface area contributed by atoms with E-state index in [1.54, 1.807) is 0 Å². The monoisotopic (exact) mass is 278 g/mol. The first kappa shape index (κ1) is 14.3. The zero-order valence-electron chi connectivity index (χ0n) is 11.2. The molecule has 1 aliphatic heterocycles. The fourth-order valence-electron chi connectivity index (χ4n) is 2.38. The second-order valence-corrected chi connectivity index (χ2v) is 5.08. The Balaban J connectivity index is 2.14. The van der Waals surface area contributed by atoms with Crippen molar-refractivity contribution >= 4 is 17.6 Å². The second kappa shape index (κ2) is 5.92. The first-order valence-corrected chi connectivity index (χ1v) is 6.59. The van der Waals surface area contributed by atoms with Gasteiger partial charge in [0.2, 0.25) is 5.91 Å². The van der Waals surface area contributed by atoms with E-state index in [0.717, 1.165) is 19.4 Å². The van der Waals surface area contributed by atoms with Gasteiger partial charge in [-0.1, -0.05) is 6.92 Å². The Morgan fingerprint density at radius 3 is 2.80 bits per heavy atom. The lowest BCUT2D eigenvalue weighted by molar-refractivity contribution is -0.119. The fourth-order valence-corrected chi connectivity index (χ4v) is 2.38. The van der Waals surface area contributed by atoms with Crippen LogP contribution in [0.1, 0.15) is 30.1 Å². The first-order valence-electron chi connectivity index (χ1n) is 6.59. The number of amides is 1. The van der Waals surface area contributed by atoms with Gasteiger partial charge in [0.25, 0.3) is 0 Å². The van der Waals surface area contributed by atoms with E-state index in [-0.39, 0.29) is 34.9 Å². The van der Waals surface area contributed by atoms with Crippen LogP contribution in [0.2, 0.25) is 0 Å². The Morgan fingerprint density at radius 2 is 2.15 bits per heavy atom. The molecule has 0 aliphatic carbocycles. The van der Waals surface area contributed by atoms with E-state index in [1.165, 1.54) is 18.2 Å². The Morgan fingerprint density at radius 1 is 1.40 bits per heavy atom. The van der Waals surface area contributed by atoms with Gasteiger partial charge in [0.1, 0.15) is 5.75 Å². The number of rotatable bonds is 3. The summed E-state index contributed by atoms with van der Waals surface area (Å²) in [6.45, 7) is 2.77. The lowest BCUT2D eigenvalue weighted by Gasteiger charge is -2.29. The Labute approximate surface area is 116 Å². The Kier molecular flexibility index (Phi) is 4.24. The van der Waals surface area contributed by atoms with Crippen molar-refractivity contribution in [1.29, 1.82) is 0 Å². The number of aromatic carboxylic acids is 1. The summed E-state index contributed by atoms with van der Waals surface area (Å²) in [6.07, 6.45) is 2.00. The molecule has 0 radical (unpaired) electrons. The average molecular weight is 278 g/mol. The molecule has 0 bridgehead atoms. The van der Waals surface area contributed by atoms with E-state index in [1.807, 2.05) is 6.92 Å². The highest BCUT2D eigenvalue weighted by molar-refractivity contribution is 5.98. The molecule has 108 valence electrons. The van der Waals surface area contributed by atoms with Crippen LogP contribution in [0.5, 0.6) is 5.75 Å². The van der Waals surface area contributed by atoms with E-state index in [9.17, 15) is 14.7 Å². The van der Waals surface area contributed by atoms with Gasteiger partial charge >= 0.3 is 5.97 Å². The molecule has 0 aromatic heterocycles. The fraction of sp³-hybridized carbons (Fsp3) is 0.429. The van der Waals surface area contributed by atoms with Crippen LogP contribution in [0.4, 0.5) is 5.69 Å². The Hall–Kier alpha value is -2.08. The summed E-state index contributed by atoms with van der Waals surface area (Å²) in [4.78, 5) is 23.1. The maximum Gasteiger partial charge on any atom is 0.335 e. The van der Waals surface area contributed by atoms with Gasteiger partial charge in [-0.3, -0.25) is 4.79 Å². The van der Waals surface area contributed by atoms with E-state index >= 15 is 0 Å². The van der Waals surface area contributed by atoms with Crippen molar-refractivity contribution < 1.29 is 19.8 Å². The van der Waals surface area contributed by atoms with E-state index in [2.05, 4.69) is 10.6 Å².